The highest BCUT2D eigenvalue weighted by molar-refractivity contribution is 9.10. The highest BCUT2D eigenvalue weighted by atomic mass is 79.9. The van der Waals surface area contributed by atoms with Crippen molar-refractivity contribution in [3.63, 3.8) is 0 Å². The fraction of sp³-hybridized carbons (Fsp3) is 0.176. The van der Waals surface area contributed by atoms with Gasteiger partial charge >= 0.3 is 0 Å². The smallest absolute Gasteiger partial charge is 0.239 e. The summed E-state index contributed by atoms with van der Waals surface area (Å²) in [5.41, 5.74) is -0.807. The van der Waals surface area contributed by atoms with Crippen LogP contribution in [0.3, 0.4) is 0 Å². The van der Waals surface area contributed by atoms with Gasteiger partial charge in [0.05, 0.1) is 0 Å². The van der Waals surface area contributed by atoms with Crippen molar-refractivity contribution in [2.45, 2.75) is 13.8 Å². The second-order valence-corrected chi connectivity index (χ2v) is 6.58. The first-order valence-electron chi connectivity index (χ1n) is 7.03. The summed E-state index contributed by atoms with van der Waals surface area (Å²) in [6.45, 7) is 2.88. The van der Waals surface area contributed by atoms with Gasteiger partial charge in [-0.15, -0.1) is 0 Å². The molecular weight excluding hydrogens is 382 g/mol. The minimum atomic E-state index is -1.42. The quantitative estimate of drug-likeness (QED) is 0.755. The summed E-state index contributed by atoms with van der Waals surface area (Å²) >= 11 is 3.29. The first kappa shape index (κ1) is 18.1. The number of nitrogens with one attached hydrogen (secondary N) is 2. The largest absolute Gasteiger partial charge is 0.325 e. The summed E-state index contributed by atoms with van der Waals surface area (Å²) in [4.78, 5) is 24.7. The fourth-order valence-electron chi connectivity index (χ4n) is 1.78. The maximum absolute atomic E-state index is 13.2. The molecule has 2 N–H and O–H groups in total. The van der Waals surface area contributed by atoms with Crippen molar-refractivity contribution in [3.8, 4) is 0 Å². The molecule has 7 heteroatoms. The first-order chi connectivity index (χ1) is 11.2. The monoisotopic (exact) mass is 396 g/mol. The van der Waals surface area contributed by atoms with Crippen LogP contribution in [0.25, 0.3) is 0 Å². The van der Waals surface area contributed by atoms with Gasteiger partial charge in [-0.25, -0.2) is 8.78 Å². The van der Waals surface area contributed by atoms with Gasteiger partial charge in [0.2, 0.25) is 11.8 Å². The van der Waals surface area contributed by atoms with Gasteiger partial charge in [0, 0.05) is 21.9 Å². The van der Waals surface area contributed by atoms with E-state index in [1.54, 1.807) is 24.3 Å². The molecule has 2 amide bonds. The van der Waals surface area contributed by atoms with Gasteiger partial charge in [-0.05, 0) is 50.2 Å². The molecule has 0 aliphatic heterocycles. The van der Waals surface area contributed by atoms with E-state index in [1.807, 2.05) is 0 Å². The van der Waals surface area contributed by atoms with E-state index < -0.39 is 28.9 Å². The highest BCUT2D eigenvalue weighted by Gasteiger charge is 2.36. The van der Waals surface area contributed by atoms with Gasteiger partial charge < -0.3 is 10.6 Å². The van der Waals surface area contributed by atoms with Gasteiger partial charge in [0.15, 0.2) is 11.6 Å². The molecule has 0 bridgehead atoms. The number of anilines is 2. The second kappa shape index (κ2) is 7.09. The van der Waals surface area contributed by atoms with Crippen LogP contribution in [0.15, 0.2) is 46.9 Å². The van der Waals surface area contributed by atoms with Crippen LogP contribution < -0.4 is 10.6 Å². The highest BCUT2D eigenvalue weighted by Crippen LogP contribution is 2.23. The molecule has 0 aliphatic carbocycles. The Kier molecular flexibility index (Phi) is 5.33. The van der Waals surface area contributed by atoms with E-state index in [2.05, 4.69) is 26.6 Å². The SMILES string of the molecule is CC(C)(C(=O)Nc1ccc(Br)cc1)C(=O)Nc1ccc(F)c(F)c1. The fourth-order valence-corrected chi connectivity index (χ4v) is 2.05. The Morgan fingerprint density at radius 3 is 1.92 bits per heavy atom. The van der Waals surface area contributed by atoms with E-state index in [0.717, 1.165) is 16.6 Å². The summed E-state index contributed by atoms with van der Waals surface area (Å²) in [6.07, 6.45) is 0. The number of halogens is 3. The van der Waals surface area contributed by atoms with Gasteiger partial charge in [0.1, 0.15) is 5.41 Å². The molecule has 0 heterocycles. The van der Waals surface area contributed by atoms with Crippen LogP contribution in [0.1, 0.15) is 13.8 Å². The van der Waals surface area contributed by atoms with Crippen molar-refractivity contribution in [1.29, 1.82) is 0 Å². The zero-order valence-electron chi connectivity index (χ0n) is 13.0. The minimum Gasteiger partial charge on any atom is -0.325 e. The Hall–Kier alpha value is -2.28. The van der Waals surface area contributed by atoms with E-state index in [1.165, 1.54) is 19.9 Å². The number of benzene rings is 2. The summed E-state index contributed by atoms with van der Waals surface area (Å²) < 4.78 is 27.0. The second-order valence-electron chi connectivity index (χ2n) is 5.67. The Morgan fingerprint density at radius 2 is 1.38 bits per heavy atom. The van der Waals surface area contributed by atoms with Crippen LogP contribution in [0.5, 0.6) is 0 Å². The average molecular weight is 397 g/mol. The maximum atomic E-state index is 13.2. The summed E-state index contributed by atoms with van der Waals surface area (Å²) in [5.74, 6) is -3.25. The molecule has 0 spiro atoms. The van der Waals surface area contributed by atoms with Crippen molar-refractivity contribution in [1.82, 2.24) is 0 Å². The lowest BCUT2D eigenvalue weighted by Gasteiger charge is -2.22. The number of hydrogen-bond donors (Lipinski definition) is 2. The molecular formula is C17H15BrF2N2O2. The van der Waals surface area contributed by atoms with Crippen LogP contribution in [-0.4, -0.2) is 11.8 Å². The molecule has 0 aromatic heterocycles. The number of rotatable bonds is 4. The van der Waals surface area contributed by atoms with Crippen LogP contribution >= 0.6 is 15.9 Å². The zero-order chi connectivity index (χ0) is 17.9. The number of hydrogen-bond acceptors (Lipinski definition) is 2. The van der Waals surface area contributed by atoms with E-state index in [0.29, 0.717) is 5.69 Å². The molecule has 0 saturated carbocycles. The molecule has 2 aromatic carbocycles. The van der Waals surface area contributed by atoms with E-state index in [-0.39, 0.29) is 5.69 Å². The number of carbonyl (C=O) groups excluding carboxylic acids is 2. The first-order valence-corrected chi connectivity index (χ1v) is 7.83. The maximum Gasteiger partial charge on any atom is 0.239 e. The Labute approximate surface area is 146 Å². The van der Waals surface area contributed by atoms with E-state index >= 15 is 0 Å². The molecule has 0 fully saturated rings. The molecule has 4 nitrogen and oxygen atoms in total. The Morgan fingerprint density at radius 1 is 0.875 bits per heavy atom. The third kappa shape index (κ3) is 4.17. The van der Waals surface area contributed by atoms with E-state index in [4.69, 9.17) is 0 Å². The minimum absolute atomic E-state index is 0.0726. The van der Waals surface area contributed by atoms with Gasteiger partial charge in [-0.2, -0.15) is 0 Å². The predicted molar refractivity (Wildman–Crippen MR) is 91.5 cm³/mol. The van der Waals surface area contributed by atoms with Crippen molar-refractivity contribution in [3.05, 3.63) is 58.6 Å². The molecule has 2 aromatic rings. The van der Waals surface area contributed by atoms with Crippen LogP contribution in [0.2, 0.25) is 0 Å². The average Bonchev–Trinajstić information content (AvgIpc) is 2.53. The van der Waals surface area contributed by atoms with E-state index in [9.17, 15) is 18.4 Å². The normalized spacial score (nSPS) is 11.0. The molecule has 0 aliphatic rings. The lowest BCUT2D eigenvalue weighted by Crippen LogP contribution is -2.41. The van der Waals surface area contributed by atoms with Gasteiger partial charge in [-0.3, -0.25) is 9.59 Å². The molecule has 2 rings (SSSR count). The number of carbonyl (C=O) groups is 2. The van der Waals surface area contributed by atoms with Gasteiger partial charge in [0.25, 0.3) is 0 Å². The molecule has 0 unspecified atom stereocenters. The third-order valence-electron chi connectivity index (χ3n) is 3.41. The third-order valence-corrected chi connectivity index (χ3v) is 3.94. The predicted octanol–water partition coefficient (Wildman–Crippen LogP) is 4.33. The summed E-state index contributed by atoms with van der Waals surface area (Å²) in [6, 6.07) is 9.86. The molecule has 0 atom stereocenters. The van der Waals surface area contributed by atoms with Crippen molar-refractivity contribution in [2.24, 2.45) is 5.41 Å². The lowest BCUT2D eigenvalue weighted by atomic mass is 9.90. The van der Waals surface area contributed by atoms with Crippen molar-refractivity contribution >= 4 is 39.1 Å². The molecule has 24 heavy (non-hydrogen) atoms. The van der Waals surface area contributed by atoms with Crippen LogP contribution in [0.4, 0.5) is 20.2 Å². The zero-order valence-corrected chi connectivity index (χ0v) is 14.6. The topological polar surface area (TPSA) is 58.2 Å². The molecule has 0 radical (unpaired) electrons. The molecule has 126 valence electrons. The molecule has 0 saturated heterocycles. The summed E-state index contributed by atoms with van der Waals surface area (Å²) in [5, 5.41) is 5.05. The number of amides is 2. The standard InChI is InChI=1S/C17H15BrF2N2O2/c1-17(2,15(23)21-11-5-3-10(18)4-6-11)16(24)22-12-7-8-13(19)14(20)9-12/h3-9H,1-2H3,(H,21,23)(H,22,24). The Bertz CT molecular complexity index is 777. The van der Waals surface area contributed by atoms with Crippen LogP contribution in [-0.2, 0) is 9.59 Å². The lowest BCUT2D eigenvalue weighted by molar-refractivity contribution is -0.135. The van der Waals surface area contributed by atoms with Crippen LogP contribution in [0, 0.1) is 17.0 Å². The van der Waals surface area contributed by atoms with Crippen molar-refractivity contribution in [2.75, 3.05) is 10.6 Å². The van der Waals surface area contributed by atoms with Crippen molar-refractivity contribution < 1.29 is 18.4 Å². The summed E-state index contributed by atoms with van der Waals surface area (Å²) in [7, 11) is 0. The Balaban J connectivity index is 2.09. The van der Waals surface area contributed by atoms with Gasteiger partial charge in [-0.1, -0.05) is 15.9 Å².